The lowest BCUT2D eigenvalue weighted by atomic mass is 9.82. The summed E-state index contributed by atoms with van der Waals surface area (Å²) in [5.41, 5.74) is -0.336. The number of nitro groups is 1. The Labute approximate surface area is 130 Å². The van der Waals surface area contributed by atoms with Crippen LogP contribution in [0, 0.1) is 22.0 Å². The van der Waals surface area contributed by atoms with Crippen LogP contribution >= 0.6 is 11.6 Å². The van der Waals surface area contributed by atoms with Crippen LogP contribution in [0.15, 0.2) is 30.4 Å². The lowest BCUT2D eigenvalue weighted by Crippen LogP contribution is -2.34. The first-order valence-corrected chi connectivity index (χ1v) is 6.90. The maximum atomic E-state index is 12.3. The van der Waals surface area contributed by atoms with Crippen LogP contribution in [0.2, 0.25) is 5.02 Å². The highest BCUT2D eigenvalue weighted by Gasteiger charge is 2.34. The number of nitrogens with one attached hydrogen (secondary N) is 1. The second-order valence-corrected chi connectivity index (χ2v) is 5.34. The topological polar surface area (TPSA) is 110 Å². The summed E-state index contributed by atoms with van der Waals surface area (Å²) < 4.78 is 0. The average molecular weight is 325 g/mol. The number of hydrogen-bond acceptors (Lipinski definition) is 4. The largest absolute Gasteiger partial charge is 0.481 e. The highest BCUT2D eigenvalue weighted by molar-refractivity contribution is 6.31. The van der Waals surface area contributed by atoms with E-state index in [2.05, 4.69) is 5.32 Å². The first-order valence-electron chi connectivity index (χ1n) is 6.52. The fourth-order valence-corrected chi connectivity index (χ4v) is 2.53. The van der Waals surface area contributed by atoms with Gasteiger partial charge in [-0.2, -0.15) is 0 Å². The predicted octanol–water partition coefficient (Wildman–Crippen LogP) is 2.85. The van der Waals surface area contributed by atoms with E-state index in [1.807, 2.05) is 0 Å². The molecule has 0 heterocycles. The molecule has 0 spiro atoms. The molecule has 2 rings (SSSR count). The van der Waals surface area contributed by atoms with Gasteiger partial charge in [-0.1, -0.05) is 23.8 Å². The fraction of sp³-hybridized carbons (Fsp3) is 0.286. The van der Waals surface area contributed by atoms with Crippen LogP contribution in [-0.2, 0) is 9.59 Å². The lowest BCUT2D eigenvalue weighted by molar-refractivity contribution is -0.383. The number of carboxylic acid groups (broad SMARTS) is 1. The quantitative estimate of drug-likeness (QED) is 0.502. The number of aliphatic carboxylic acids is 1. The molecule has 0 bridgehead atoms. The van der Waals surface area contributed by atoms with Gasteiger partial charge < -0.3 is 10.4 Å². The van der Waals surface area contributed by atoms with E-state index >= 15 is 0 Å². The van der Waals surface area contributed by atoms with Crippen molar-refractivity contribution in [2.45, 2.75) is 12.8 Å². The van der Waals surface area contributed by atoms with E-state index in [1.54, 1.807) is 12.2 Å². The summed E-state index contributed by atoms with van der Waals surface area (Å²) in [5.74, 6) is -3.22. The average Bonchev–Trinajstić information content (AvgIpc) is 2.48. The van der Waals surface area contributed by atoms with Crippen molar-refractivity contribution in [3.05, 3.63) is 45.5 Å². The predicted molar refractivity (Wildman–Crippen MR) is 79.7 cm³/mol. The van der Waals surface area contributed by atoms with Crippen LogP contribution in [0.3, 0.4) is 0 Å². The number of carbonyl (C=O) groups excluding carboxylic acids is 1. The summed E-state index contributed by atoms with van der Waals surface area (Å²) in [4.78, 5) is 33.8. The summed E-state index contributed by atoms with van der Waals surface area (Å²) in [6.45, 7) is 0. The minimum Gasteiger partial charge on any atom is -0.481 e. The Bertz CT molecular complexity index is 659. The van der Waals surface area contributed by atoms with Crippen molar-refractivity contribution in [1.82, 2.24) is 0 Å². The number of amides is 1. The molecule has 1 aromatic carbocycles. The van der Waals surface area contributed by atoms with Gasteiger partial charge in [0.15, 0.2) is 0 Å². The number of carboxylic acids is 1. The van der Waals surface area contributed by atoms with Gasteiger partial charge >= 0.3 is 5.97 Å². The molecular formula is C14H13ClN2O5. The number of halogens is 1. The molecule has 22 heavy (non-hydrogen) atoms. The second kappa shape index (κ2) is 6.57. The lowest BCUT2D eigenvalue weighted by Gasteiger charge is -2.24. The summed E-state index contributed by atoms with van der Waals surface area (Å²) in [5, 5.41) is 22.8. The fourth-order valence-electron chi connectivity index (χ4n) is 2.36. The SMILES string of the molecule is O=C(O)[C@H]1CC=CC[C@@H]1C(=O)Nc1ccc(Cl)cc1[N+](=O)[O-]. The number of benzene rings is 1. The molecule has 0 radical (unpaired) electrons. The molecule has 1 amide bonds. The zero-order valence-corrected chi connectivity index (χ0v) is 12.1. The van der Waals surface area contributed by atoms with E-state index in [0.29, 0.717) is 0 Å². The molecule has 0 saturated carbocycles. The number of allylic oxidation sites excluding steroid dienone is 2. The number of rotatable bonds is 4. The second-order valence-electron chi connectivity index (χ2n) is 4.90. The van der Waals surface area contributed by atoms with Crippen molar-refractivity contribution in [2.24, 2.45) is 11.8 Å². The van der Waals surface area contributed by atoms with Gasteiger partial charge in [0.05, 0.1) is 16.8 Å². The number of carbonyl (C=O) groups is 2. The molecule has 1 aliphatic rings. The Morgan fingerprint density at radius 2 is 1.91 bits per heavy atom. The van der Waals surface area contributed by atoms with Crippen molar-refractivity contribution < 1.29 is 19.6 Å². The summed E-state index contributed by atoms with van der Waals surface area (Å²) in [6.07, 6.45) is 3.99. The van der Waals surface area contributed by atoms with E-state index in [9.17, 15) is 19.7 Å². The molecule has 0 saturated heterocycles. The van der Waals surface area contributed by atoms with Crippen LogP contribution in [-0.4, -0.2) is 21.9 Å². The summed E-state index contributed by atoms with van der Waals surface area (Å²) >= 11 is 5.71. The van der Waals surface area contributed by atoms with E-state index in [1.165, 1.54) is 12.1 Å². The first-order chi connectivity index (χ1) is 10.4. The van der Waals surface area contributed by atoms with E-state index < -0.39 is 28.6 Å². The maximum Gasteiger partial charge on any atom is 0.307 e. The molecule has 1 aliphatic carbocycles. The zero-order valence-electron chi connectivity index (χ0n) is 11.4. The third-order valence-corrected chi connectivity index (χ3v) is 3.74. The zero-order chi connectivity index (χ0) is 16.3. The summed E-state index contributed by atoms with van der Waals surface area (Å²) in [6, 6.07) is 3.87. The standard InChI is InChI=1S/C14H13ClN2O5/c15-8-5-6-11(12(7-8)17(21)22)16-13(18)9-3-1-2-4-10(9)14(19)20/h1-2,5-7,9-10H,3-4H2,(H,16,18)(H,19,20)/t9-,10-/m0/s1. The molecule has 8 heteroatoms. The van der Waals surface area contributed by atoms with Crippen molar-refractivity contribution >= 4 is 34.9 Å². The number of nitrogens with zero attached hydrogens (tertiary/aromatic N) is 1. The van der Waals surface area contributed by atoms with Gasteiger partial charge in [0, 0.05) is 11.1 Å². The van der Waals surface area contributed by atoms with Crippen molar-refractivity contribution in [3.8, 4) is 0 Å². The molecule has 0 fully saturated rings. The third-order valence-electron chi connectivity index (χ3n) is 3.50. The van der Waals surface area contributed by atoms with Crippen LogP contribution < -0.4 is 5.32 Å². The van der Waals surface area contributed by atoms with Crippen LogP contribution in [0.5, 0.6) is 0 Å². The van der Waals surface area contributed by atoms with E-state index in [-0.39, 0.29) is 29.2 Å². The maximum absolute atomic E-state index is 12.3. The van der Waals surface area contributed by atoms with Crippen LogP contribution in [0.4, 0.5) is 11.4 Å². The first kappa shape index (κ1) is 16.0. The highest BCUT2D eigenvalue weighted by Crippen LogP contribution is 2.31. The number of hydrogen-bond donors (Lipinski definition) is 2. The number of nitro benzene ring substituents is 1. The van der Waals surface area contributed by atoms with Gasteiger partial charge in [-0.3, -0.25) is 19.7 Å². The molecule has 116 valence electrons. The Balaban J connectivity index is 2.23. The van der Waals surface area contributed by atoms with Gasteiger partial charge in [0.25, 0.3) is 5.69 Å². The Kier molecular flexibility index (Phi) is 4.77. The van der Waals surface area contributed by atoms with Gasteiger partial charge in [-0.15, -0.1) is 0 Å². The smallest absolute Gasteiger partial charge is 0.307 e. The monoisotopic (exact) mass is 324 g/mol. The van der Waals surface area contributed by atoms with Crippen molar-refractivity contribution in [3.63, 3.8) is 0 Å². The van der Waals surface area contributed by atoms with Gasteiger partial charge in [-0.25, -0.2) is 0 Å². The molecule has 0 unspecified atom stereocenters. The van der Waals surface area contributed by atoms with Gasteiger partial charge in [0.2, 0.25) is 5.91 Å². The van der Waals surface area contributed by atoms with Gasteiger partial charge in [-0.05, 0) is 25.0 Å². The normalized spacial score (nSPS) is 20.4. The van der Waals surface area contributed by atoms with Crippen molar-refractivity contribution in [1.29, 1.82) is 0 Å². The van der Waals surface area contributed by atoms with Crippen LogP contribution in [0.1, 0.15) is 12.8 Å². The van der Waals surface area contributed by atoms with Crippen molar-refractivity contribution in [2.75, 3.05) is 5.32 Å². The Morgan fingerprint density at radius 3 is 2.50 bits per heavy atom. The molecule has 2 N–H and O–H groups in total. The molecule has 2 atom stereocenters. The number of anilines is 1. The van der Waals surface area contributed by atoms with E-state index in [4.69, 9.17) is 16.7 Å². The summed E-state index contributed by atoms with van der Waals surface area (Å²) in [7, 11) is 0. The minimum atomic E-state index is -1.06. The van der Waals surface area contributed by atoms with Gasteiger partial charge in [0.1, 0.15) is 5.69 Å². The molecule has 0 aromatic heterocycles. The van der Waals surface area contributed by atoms with E-state index in [0.717, 1.165) is 6.07 Å². The minimum absolute atomic E-state index is 0.00177. The van der Waals surface area contributed by atoms with Crippen LogP contribution in [0.25, 0.3) is 0 Å². The molecule has 0 aliphatic heterocycles. The molecular weight excluding hydrogens is 312 g/mol. The molecule has 1 aromatic rings. The Hall–Kier alpha value is -2.41. The Morgan fingerprint density at radius 1 is 1.27 bits per heavy atom. The molecule has 7 nitrogen and oxygen atoms in total. The third kappa shape index (κ3) is 3.43. The highest BCUT2D eigenvalue weighted by atomic mass is 35.5.